The molecule has 4 heteroatoms. The van der Waals surface area contributed by atoms with Gasteiger partial charge in [0.2, 0.25) is 0 Å². The summed E-state index contributed by atoms with van der Waals surface area (Å²) >= 11 is 0. The highest BCUT2D eigenvalue weighted by molar-refractivity contribution is 4.86. The fraction of sp³-hybridized carbons (Fsp3) is 1.00. The molecule has 2 saturated heterocycles. The summed E-state index contributed by atoms with van der Waals surface area (Å²) in [6, 6.07) is 0.429. The van der Waals surface area contributed by atoms with E-state index in [1.54, 1.807) is 0 Å². The first-order valence-corrected chi connectivity index (χ1v) is 6.82. The van der Waals surface area contributed by atoms with Crippen LogP contribution in [0.25, 0.3) is 0 Å². The van der Waals surface area contributed by atoms with Crippen LogP contribution >= 0.6 is 0 Å². The van der Waals surface area contributed by atoms with E-state index in [0.717, 1.165) is 39.0 Å². The molecule has 100 valence electrons. The van der Waals surface area contributed by atoms with Crippen LogP contribution in [0.4, 0.5) is 4.39 Å². The lowest BCUT2D eigenvalue weighted by atomic mass is 10.0. The summed E-state index contributed by atoms with van der Waals surface area (Å²) in [6.07, 6.45) is 1.91. The summed E-state index contributed by atoms with van der Waals surface area (Å²) in [6.45, 7) is 7.13. The van der Waals surface area contributed by atoms with Gasteiger partial charge in [0.25, 0.3) is 0 Å². The van der Waals surface area contributed by atoms with Crippen LogP contribution in [0.3, 0.4) is 0 Å². The van der Waals surface area contributed by atoms with E-state index in [1.807, 2.05) is 6.92 Å². The fourth-order valence-electron chi connectivity index (χ4n) is 2.60. The molecule has 17 heavy (non-hydrogen) atoms. The Bertz CT molecular complexity index is 233. The lowest BCUT2D eigenvalue weighted by molar-refractivity contribution is -0.0839. The second kappa shape index (κ2) is 6.12. The predicted molar refractivity (Wildman–Crippen MR) is 64.9 cm³/mol. The van der Waals surface area contributed by atoms with Crippen molar-refractivity contribution >= 4 is 0 Å². The second-order valence-electron chi connectivity index (χ2n) is 5.21. The number of piperidine rings is 1. The third-order valence-electron chi connectivity index (χ3n) is 3.92. The average Bonchev–Trinajstić information content (AvgIpc) is 2.85. The molecule has 0 aromatic heterocycles. The molecule has 0 aromatic carbocycles. The van der Waals surface area contributed by atoms with Gasteiger partial charge < -0.3 is 9.47 Å². The topological polar surface area (TPSA) is 21.7 Å². The minimum absolute atomic E-state index is 0.166. The van der Waals surface area contributed by atoms with Crippen LogP contribution < -0.4 is 0 Å². The molecular formula is C13H24FNO2. The van der Waals surface area contributed by atoms with Crippen LogP contribution in [0.5, 0.6) is 0 Å². The Morgan fingerprint density at radius 2 is 2.29 bits per heavy atom. The van der Waals surface area contributed by atoms with E-state index in [-0.39, 0.29) is 12.2 Å². The monoisotopic (exact) mass is 245 g/mol. The fourth-order valence-corrected chi connectivity index (χ4v) is 2.60. The highest BCUT2D eigenvalue weighted by Crippen LogP contribution is 2.23. The molecule has 2 aliphatic rings. The number of likely N-dealkylation sites (tertiary alicyclic amines) is 1. The summed E-state index contributed by atoms with van der Waals surface area (Å²) in [5.41, 5.74) is 0. The summed E-state index contributed by atoms with van der Waals surface area (Å²) in [4.78, 5) is 2.23. The van der Waals surface area contributed by atoms with Gasteiger partial charge in [0.1, 0.15) is 6.17 Å². The largest absolute Gasteiger partial charge is 0.380 e. The number of nitrogens with zero attached hydrogens (tertiary/aromatic N) is 1. The van der Waals surface area contributed by atoms with E-state index in [4.69, 9.17) is 9.47 Å². The number of hydrogen-bond donors (Lipinski definition) is 0. The van der Waals surface area contributed by atoms with Gasteiger partial charge in [0.15, 0.2) is 0 Å². The van der Waals surface area contributed by atoms with Crippen LogP contribution in [0.1, 0.15) is 33.1 Å². The third-order valence-corrected chi connectivity index (χ3v) is 3.92. The van der Waals surface area contributed by atoms with Crippen molar-refractivity contribution in [3.05, 3.63) is 0 Å². The minimum Gasteiger partial charge on any atom is -0.380 e. The molecule has 0 bridgehead atoms. The van der Waals surface area contributed by atoms with Gasteiger partial charge in [-0.25, -0.2) is 4.39 Å². The smallest absolute Gasteiger partial charge is 0.139 e. The molecule has 4 atom stereocenters. The zero-order chi connectivity index (χ0) is 12.3. The summed E-state index contributed by atoms with van der Waals surface area (Å²) < 4.78 is 25.1. The van der Waals surface area contributed by atoms with Crippen LogP contribution in [0.2, 0.25) is 0 Å². The van der Waals surface area contributed by atoms with E-state index in [2.05, 4.69) is 11.8 Å². The molecule has 2 aliphatic heterocycles. The number of alkyl halides is 1. The van der Waals surface area contributed by atoms with Crippen molar-refractivity contribution in [1.29, 1.82) is 0 Å². The van der Waals surface area contributed by atoms with Crippen molar-refractivity contribution < 1.29 is 13.9 Å². The highest BCUT2D eigenvalue weighted by Gasteiger charge is 2.34. The first-order chi connectivity index (χ1) is 8.20. The van der Waals surface area contributed by atoms with Crippen molar-refractivity contribution in [2.75, 3.05) is 26.3 Å². The maximum atomic E-state index is 14.0. The molecule has 2 rings (SSSR count). The first kappa shape index (κ1) is 13.2. The molecule has 0 N–H and O–H groups in total. The number of halogens is 1. The lowest BCUT2D eigenvalue weighted by Gasteiger charge is -2.38. The van der Waals surface area contributed by atoms with Crippen molar-refractivity contribution in [1.82, 2.24) is 4.90 Å². The van der Waals surface area contributed by atoms with Gasteiger partial charge in [0.05, 0.1) is 18.8 Å². The number of hydrogen-bond acceptors (Lipinski definition) is 3. The number of ether oxygens (including phenoxy) is 2. The lowest BCUT2D eigenvalue weighted by Crippen LogP contribution is -2.50. The molecule has 0 aromatic rings. The Hall–Kier alpha value is -0.190. The Morgan fingerprint density at radius 3 is 2.88 bits per heavy atom. The van der Waals surface area contributed by atoms with Crippen LogP contribution in [-0.2, 0) is 9.47 Å². The van der Waals surface area contributed by atoms with Crippen molar-refractivity contribution in [2.45, 2.75) is 57.5 Å². The standard InChI is InChI=1S/C13H24FNO2/c1-3-10(2)17-13-4-6-15(8-12(13)14)11-5-7-16-9-11/h10-13H,3-9H2,1-2H3/t10?,11?,12-,13+/m1/s1. The molecule has 2 fully saturated rings. The Kier molecular flexibility index (Phi) is 4.77. The van der Waals surface area contributed by atoms with E-state index in [0.29, 0.717) is 12.6 Å². The maximum absolute atomic E-state index is 14.0. The average molecular weight is 245 g/mol. The molecule has 0 radical (unpaired) electrons. The molecule has 0 saturated carbocycles. The zero-order valence-electron chi connectivity index (χ0n) is 10.9. The SMILES string of the molecule is CCC(C)O[C@H]1CCN(C2CCOC2)C[C@H]1F. The van der Waals surface area contributed by atoms with E-state index in [1.165, 1.54) is 0 Å². The molecule has 0 spiro atoms. The molecule has 3 nitrogen and oxygen atoms in total. The van der Waals surface area contributed by atoms with Crippen molar-refractivity contribution in [2.24, 2.45) is 0 Å². The Balaban J connectivity index is 1.80. The second-order valence-corrected chi connectivity index (χ2v) is 5.21. The van der Waals surface area contributed by atoms with Gasteiger partial charge in [-0.05, 0) is 26.2 Å². The highest BCUT2D eigenvalue weighted by atomic mass is 19.1. The van der Waals surface area contributed by atoms with E-state index >= 15 is 0 Å². The third kappa shape index (κ3) is 3.39. The zero-order valence-corrected chi connectivity index (χ0v) is 10.9. The van der Waals surface area contributed by atoms with Gasteiger partial charge >= 0.3 is 0 Å². The van der Waals surface area contributed by atoms with Crippen molar-refractivity contribution in [3.63, 3.8) is 0 Å². The summed E-state index contributed by atoms with van der Waals surface area (Å²) in [7, 11) is 0. The Morgan fingerprint density at radius 1 is 1.47 bits per heavy atom. The van der Waals surface area contributed by atoms with Gasteiger partial charge in [-0.15, -0.1) is 0 Å². The number of rotatable bonds is 4. The first-order valence-electron chi connectivity index (χ1n) is 6.82. The van der Waals surface area contributed by atoms with Crippen LogP contribution in [-0.4, -0.2) is 55.6 Å². The summed E-state index contributed by atoms with van der Waals surface area (Å²) in [5.74, 6) is 0. The molecule has 2 heterocycles. The summed E-state index contributed by atoms with van der Waals surface area (Å²) in [5, 5.41) is 0. The van der Waals surface area contributed by atoms with Gasteiger partial charge in [0, 0.05) is 25.7 Å². The van der Waals surface area contributed by atoms with E-state index < -0.39 is 6.17 Å². The minimum atomic E-state index is -0.849. The van der Waals surface area contributed by atoms with Gasteiger partial charge in [-0.3, -0.25) is 4.90 Å². The molecular weight excluding hydrogens is 221 g/mol. The van der Waals surface area contributed by atoms with Crippen LogP contribution in [0, 0.1) is 0 Å². The quantitative estimate of drug-likeness (QED) is 0.756. The van der Waals surface area contributed by atoms with Gasteiger partial charge in [-0.1, -0.05) is 6.92 Å². The normalized spacial score (nSPS) is 37.2. The Labute approximate surface area is 103 Å². The van der Waals surface area contributed by atoms with Crippen molar-refractivity contribution in [3.8, 4) is 0 Å². The molecule has 0 amide bonds. The van der Waals surface area contributed by atoms with Gasteiger partial charge in [-0.2, -0.15) is 0 Å². The maximum Gasteiger partial charge on any atom is 0.139 e. The predicted octanol–water partition coefficient (Wildman–Crippen LogP) is 2.00. The van der Waals surface area contributed by atoms with Crippen LogP contribution in [0.15, 0.2) is 0 Å². The molecule has 2 unspecified atom stereocenters. The molecule has 0 aliphatic carbocycles. The van der Waals surface area contributed by atoms with E-state index in [9.17, 15) is 4.39 Å².